The van der Waals surface area contributed by atoms with Crippen LogP contribution < -0.4 is 5.32 Å². The fourth-order valence-electron chi connectivity index (χ4n) is 3.56. The van der Waals surface area contributed by atoms with Gasteiger partial charge in [-0.05, 0) is 39.3 Å². The number of rotatable bonds is 12. The Morgan fingerprint density at radius 2 is 1.93 bits per heavy atom. The molecule has 1 aliphatic heterocycles. The lowest BCUT2D eigenvalue weighted by atomic mass is 10.1. The van der Waals surface area contributed by atoms with Gasteiger partial charge in [0.05, 0.1) is 6.54 Å². The van der Waals surface area contributed by atoms with Crippen LogP contribution in [0.4, 0.5) is 5.82 Å². The molecule has 2 rings (SSSR count). The van der Waals surface area contributed by atoms with Crippen molar-refractivity contribution in [3.05, 3.63) is 11.8 Å². The van der Waals surface area contributed by atoms with Gasteiger partial charge in [-0.15, -0.1) is 0 Å². The second-order valence-corrected chi connectivity index (χ2v) is 7.75. The number of unbranched alkanes of at least 4 members (excludes halogenated alkanes) is 4. The van der Waals surface area contributed by atoms with E-state index in [0.717, 1.165) is 32.5 Å². The van der Waals surface area contributed by atoms with Gasteiger partial charge in [-0.1, -0.05) is 44.2 Å². The summed E-state index contributed by atoms with van der Waals surface area (Å²) in [5.74, 6) is 0.872. The number of piperidine rings is 1. The van der Waals surface area contributed by atoms with E-state index in [9.17, 15) is 9.59 Å². The zero-order valence-corrected chi connectivity index (χ0v) is 17.5. The smallest absolute Gasteiger partial charge is 0.245 e. The first-order chi connectivity index (χ1) is 13.6. The van der Waals surface area contributed by atoms with Gasteiger partial charge < -0.3 is 19.6 Å². The van der Waals surface area contributed by atoms with E-state index in [2.05, 4.69) is 22.3 Å². The first-order valence-electron chi connectivity index (χ1n) is 10.8. The summed E-state index contributed by atoms with van der Waals surface area (Å²) in [7, 11) is 0. The van der Waals surface area contributed by atoms with Gasteiger partial charge in [-0.25, -0.2) is 0 Å². The van der Waals surface area contributed by atoms with Crippen molar-refractivity contribution in [2.75, 3.05) is 38.0 Å². The summed E-state index contributed by atoms with van der Waals surface area (Å²) in [5, 5.41) is 6.51. The van der Waals surface area contributed by atoms with Crippen molar-refractivity contribution in [3.8, 4) is 0 Å². The molecule has 0 bridgehead atoms. The summed E-state index contributed by atoms with van der Waals surface area (Å²) >= 11 is 0. The monoisotopic (exact) mass is 392 g/mol. The maximum Gasteiger partial charge on any atom is 0.245 e. The van der Waals surface area contributed by atoms with Crippen LogP contribution in [0.5, 0.6) is 0 Å². The Bertz CT molecular complexity index is 596. The van der Waals surface area contributed by atoms with E-state index >= 15 is 0 Å². The van der Waals surface area contributed by atoms with Crippen LogP contribution in [0, 0.1) is 6.92 Å². The van der Waals surface area contributed by atoms with Crippen molar-refractivity contribution >= 4 is 17.6 Å². The Kier molecular flexibility index (Phi) is 10.0. The highest BCUT2D eigenvalue weighted by molar-refractivity contribution is 5.93. The summed E-state index contributed by atoms with van der Waals surface area (Å²) in [6, 6.07) is 1.67. The van der Waals surface area contributed by atoms with Crippen LogP contribution in [0.15, 0.2) is 10.6 Å². The Labute approximate surface area is 168 Å². The molecule has 2 heterocycles. The summed E-state index contributed by atoms with van der Waals surface area (Å²) in [5.41, 5.74) is 0. The molecule has 1 saturated heterocycles. The summed E-state index contributed by atoms with van der Waals surface area (Å²) in [6.07, 6.45) is 9.78. The highest BCUT2D eigenvalue weighted by Crippen LogP contribution is 2.11. The third-order valence-corrected chi connectivity index (χ3v) is 5.21. The van der Waals surface area contributed by atoms with E-state index in [0.29, 0.717) is 24.5 Å². The summed E-state index contributed by atoms with van der Waals surface area (Å²) < 4.78 is 4.98. The van der Waals surface area contributed by atoms with E-state index < -0.39 is 0 Å². The van der Waals surface area contributed by atoms with Gasteiger partial charge in [-0.2, -0.15) is 0 Å². The van der Waals surface area contributed by atoms with E-state index in [1.807, 2.05) is 0 Å². The Morgan fingerprint density at radius 1 is 1.18 bits per heavy atom. The number of aryl methyl sites for hydroxylation is 1. The van der Waals surface area contributed by atoms with Gasteiger partial charge >= 0.3 is 0 Å². The molecule has 0 unspecified atom stereocenters. The number of nitrogens with one attached hydrogen (secondary N) is 1. The van der Waals surface area contributed by atoms with Crippen LogP contribution in [-0.4, -0.2) is 59.5 Å². The van der Waals surface area contributed by atoms with Gasteiger partial charge in [0.25, 0.3) is 0 Å². The number of nitrogens with zero attached hydrogens (tertiary/aromatic N) is 3. The largest absolute Gasteiger partial charge is 0.360 e. The van der Waals surface area contributed by atoms with Crippen LogP contribution in [0.3, 0.4) is 0 Å². The summed E-state index contributed by atoms with van der Waals surface area (Å²) in [6.45, 7) is 7.62. The van der Waals surface area contributed by atoms with E-state index in [1.54, 1.807) is 17.9 Å². The maximum absolute atomic E-state index is 12.7. The minimum Gasteiger partial charge on any atom is -0.360 e. The van der Waals surface area contributed by atoms with Crippen LogP contribution >= 0.6 is 0 Å². The molecule has 1 fully saturated rings. The average molecular weight is 393 g/mol. The highest BCUT2D eigenvalue weighted by atomic mass is 16.5. The number of anilines is 1. The third-order valence-electron chi connectivity index (χ3n) is 5.21. The molecule has 7 nitrogen and oxygen atoms in total. The molecule has 0 radical (unpaired) electrons. The molecule has 1 aromatic heterocycles. The predicted molar refractivity (Wildman–Crippen MR) is 110 cm³/mol. The second kappa shape index (κ2) is 12.5. The summed E-state index contributed by atoms with van der Waals surface area (Å²) in [4.78, 5) is 29.2. The molecular weight excluding hydrogens is 356 g/mol. The molecule has 1 aliphatic rings. The SMILES string of the molecule is CCCCCCCC(=O)N(CCN1CCCCC1)CC(=O)Nc1cc(C)on1. The van der Waals surface area contributed by atoms with Crippen molar-refractivity contribution in [2.45, 2.75) is 71.6 Å². The van der Waals surface area contributed by atoms with Gasteiger partial charge in [0.1, 0.15) is 5.76 Å². The quantitative estimate of drug-likeness (QED) is 0.550. The lowest BCUT2D eigenvalue weighted by Crippen LogP contribution is -2.43. The zero-order chi connectivity index (χ0) is 20.2. The number of carbonyl (C=O) groups is 2. The van der Waals surface area contributed by atoms with Crippen molar-refractivity contribution in [3.63, 3.8) is 0 Å². The normalized spacial score (nSPS) is 14.8. The van der Waals surface area contributed by atoms with Crippen LogP contribution in [-0.2, 0) is 9.59 Å². The van der Waals surface area contributed by atoms with Crippen molar-refractivity contribution in [1.82, 2.24) is 15.0 Å². The molecule has 1 aromatic rings. The van der Waals surface area contributed by atoms with Gasteiger partial charge in [0.2, 0.25) is 11.8 Å². The number of hydrogen-bond acceptors (Lipinski definition) is 5. The van der Waals surface area contributed by atoms with E-state index in [1.165, 1.54) is 38.5 Å². The second-order valence-electron chi connectivity index (χ2n) is 7.75. The molecule has 28 heavy (non-hydrogen) atoms. The molecule has 158 valence electrons. The minimum atomic E-state index is -0.230. The fourth-order valence-corrected chi connectivity index (χ4v) is 3.56. The minimum absolute atomic E-state index is 0.0630. The van der Waals surface area contributed by atoms with E-state index in [-0.39, 0.29) is 18.4 Å². The molecule has 0 atom stereocenters. The van der Waals surface area contributed by atoms with Gasteiger partial charge in [0.15, 0.2) is 5.82 Å². The molecule has 7 heteroatoms. The van der Waals surface area contributed by atoms with Crippen molar-refractivity contribution in [1.29, 1.82) is 0 Å². The number of aromatic nitrogens is 1. The van der Waals surface area contributed by atoms with Crippen LogP contribution in [0.25, 0.3) is 0 Å². The molecule has 0 saturated carbocycles. The number of carbonyl (C=O) groups excluding carboxylic acids is 2. The topological polar surface area (TPSA) is 78.7 Å². The standard InChI is InChI=1S/C21H36N4O3/c1-3-4-5-6-8-11-21(27)25(15-14-24-12-9-7-10-13-24)17-20(26)22-19-16-18(2)28-23-19/h16H,3-15,17H2,1-2H3,(H,22,23,26). The number of hydrogen-bond donors (Lipinski definition) is 1. The average Bonchev–Trinajstić information content (AvgIpc) is 3.10. The molecule has 1 N–H and O–H groups in total. The van der Waals surface area contributed by atoms with E-state index in [4.69, 9.17) is 4.52 Å². The highest BCUT2D eigenvalue weighted by Gasteiger charge is 2.19. The first-order valence-corrected chi connectivity index (χ1v) is 10.8. The third kappa shape index (κ3) is 8.42. The molecule has 0 spiro atoms. The molecular formula is C21H36N4O3. The van der Waals surface area contributed by atoms with Crippen LogP contribution in [0.2, 0.25) is 0 Å². The molecule has 0 aliphatic carbocycles. The van der Waals surface area contributed by atoms with Gasteiger partial charge in [0, 0.05) is 25.6 Å². The van der Waals surface area contributed by atoms with Gasteiger partial charge in [-0.3, -0.25) is 9.59 Å². The number of likely N-dealkylation sites (tertiary alicyclic amines) is 1. The van der Waals surface area contributed by atoms with Crippen molar-refractivity contribution in [2.24, 2.45) is 0 Å². The van der Waals surface area contributed by atoms with Crippen molar-refractivity contribution < 1.29 is 14.1 Å². The van der Waals surface area contributed by atoms with Crippen LogP contribution in [0.1, 0.15) is 70.5 Å². The fraction of sp³-hybridized carbons (Fsp3) is 0.762. The first kappa shape index (κ1) is 22.4. The Balaban J connectivity index is 1.84. The molecule has 2 amide bonds. The predicted octanol–water partition coefficient (Wildman–Crippen LogP) is 3.60. The Hall–Kier alpha value is -1.89. The lowest BCUT2D eigenvalue weighted by molar-refractivity contribution is -0.135. The number of amides is 2. The zero-order valence-electron chi connectivity index (χ0n) is 17.5. The lowest BCUT2D eigenvalue weighted by Gasteiger charge is -2.30. The Morgan fingerprint density at radius 3 is 2.61 bits per heavy atom. The maximum atomic E-state index is 12.7. The molecule has 0 aromatic carbocycles.